The molecule has 0 aliphatic heterocycles. The van der Waals surface area contributed by atoms with Crippen molar-refractivity contribution in [2.45, 2.75) is 39.0 Å². The number of halogens is 1. The highest BCUT2D eigenvalue weighted by Crippen LogP contribution is 2.29. The number of hydrogen-bond donors (Lipinski definition) is 1. The van der Waals surface area contributed by atoms with Gasteiger partial charge in [0.05, 0.1) is 5.92 Å². The summed E-state index contributed by atoms with van der Waals surface area (Å²) in [4.78, 5) is 12.8. The second-order valence-corrected chi connectivity index (χ2v) is 7.04. The van der Waals surface area contributed by atoms with Crippen LogP contribution in [0.25, 0.3) is 0 Å². The predicted octanol–water partition coefficient (Wildman–Crippen LogP) is 5.21. The minimum absolute atomic E-state index is 0.0419. The second-order valence-electron chi connectivity index (χ2n) is 6.60. The SMILES string of the molecule is CC(C)[C@H](C(=O)Nc1ccc2c(c1)CCC2)c1ccc(Cl)cc1. The normalized spacial score (nSPS) is 14.6. The summed E-state index contributed by atoms with van der Waals surface area (Å²) < 4.78 is 0. The van der Waals surface area contributed by atoms with E-state index in [4.69, 9.17) is 11.6 Å². The van der Waals surface area contributed by atoms with Crippen LogP contribution >= 0.6 is 11.6 Å². The average molecular weight is 328 g/mol. The van der Waals surface area contributed by atoms with Gasteiger partial charge in [-0.05, 0) is 66.1 Å². The summed E-state index contributed by atoms with van der Waals surface area (Å²) in [5.74, 6) is 0.0754. The van der Waals surface area contributed by atoms with Gasteiger partial charge in [-0.15, -0.1) is 0 Å². The highest BCUT2D eigenvalue weighted by atomic mass is 35.5. The van der Waals surface area contributed by atoms with Gasteiger partial charge in [0.1, 0.15) is 0 Å². The Balaban J connectivity index is 1.80. The molecule has 1 aliphatic carbocycles. The van der Waals surface area contributed by atoms with E-state index in [1.54, 1.807) is 0 Å². The van der Waals surface area contributed by atoms with Crippen LogP contribution in [0.1, 0.15) is 42.9 Å². The van der Waals surface area contributed by atoms with E-state index >= 15 is 0 Å². The lowest BCUT2D eigenvalue weighted by molar-refractivity contribution is -0.118. The zero-order valence-corrected chi connectivity index (χ0v) is 14.4. The maximum absolute atomic E-state index is 12.8. The van der Waals surface area contributed by atoms with Crippen molar-refractivity contribution in [2.75, 3.05) is 5.32 Å². The van der Waals surface area contributed by atoms with Gasteiger partial charge in [-0.1, -0.05) is 43.6 Å². The zero-order chi connectivity index (χ0) is 16.4. The molecule has 1 atom stereocenters. The first-order chi connectivity index (χ1) is 11.0. The van der Waals surface area contributed by atoms with E-state index in [1.165, 1.54) is 17.5 Å². The number of rotatable bonds is 4. The molecule has 1 aliphatic rings. The first-order valence-electron chi connectivity index (χ1n) is 8.22. The van der Waals surface area contributed by atoms with E-state index in [0.717, 1.165) is 24.1 Å². The van der Waals surface area contributed by atoms with Crippen LogP contribution < -0.4 is 5.32 Å². The fourth-order valence-corrected chi connectivity index (χ4v) is 3.50. The van der Waals surface area contributed by atoms with Crippen LogP contribution in [0.3, 0.4) is 0 Å². The number of aryl methyl sites for hydroxylation is 2. The molecule has 0 spiro atoms. The summed E-state index contributed by atoms with van der Waals surface area (Å²) in [5.41, 5.74) is 4.69. The van der Waals surface area contributed by atoms with Crippen LogP contribution in [0, 0.1) is 5.92 Å². The molecule has 0 radical (unpaired) electrons. The molecule has 0 saturated heterocycles. The van der Waals surface area contributed by atoms with Gasteiger partial charge in [-0.3, -0.25) is 4.79 Å². The van der Waals surface area contributed by atoms with Gasteiger partial charge in [-0.2, -0.15) is 0 Å². The molecule has 0 heterocycles. The Kier molecular flexibility index (Phi) is 4.72. The highest BCUT2D eigenvalue weighted by molar-refractivity contribution is 6.30. The van der Waals surface area contributed by atoms with Gasteiger partial charge < -0.3 is 5.32 Å². The molecule has 0 unspecified atom stereocenters. The lowest BCUT2D eigenvalue weighted by Gasteiger charge is -2.21. The molecule has 2 nitrogen and oxygen atoms in total. The molecule has 2 aromatic rings. The molecule has 0 fully saturated rings. The molecule has 23 heavy (non-hydrogen) atoms. The average Bonchev–Trinajstić information content (AvgIpc) is 2.96. The molecule has 3 heteroatoms. The van der Waals surface area contributed by atoms with E-state index in [0.29, 0.717) is 5.02 Å². The van der Waals surface area contributed by atoms with Crippen molar-refractivity contribution in [2.24, 2.45) is 5.92 Å². The highest BCUT2D eigenvalue weighted by Gasteiger charge is 2.24. The molecule has 0 bridgehead atoms. The Hall–Kier alpha value is -1.80. The van der Waals surface area contributed by atoms with E-state index in [-0.39, 0.29) is 17.7 Å². The standard InChI is InChI=1S/C20H22ClNO/c1-13(2)19(15-6-9-17(21)10-7-15)20(23)22-18-11-8-14-4-3-5-16(14)12-18/h6-13,19H,3-5H2,1-2H3,(H,22,23)/t19-/m0/s1. The zero-order valence-electron chi connectivity index (χ0n) is 13.6. The minimum atomic E-state index is -0.180. The Morgan fingerprint density at radius 1 is 1.04 bits per heavy atom. The van der Waals surface area contributed by atoms with Gasteiger partial charge in [-0.25, -0.2) is 0 Å². The lowest BCUT2D eigenvalue weighted by Crippen LogP contribution is -2.25. The summed E-state index contributed by atoms with van der Waals surface area (Å²) in [6.07, 6.45) is 3.49. The third-order valence-electron chi connectivity index (χ3n) is 4.54. The van der Waals surface area contributed by atoms with Crippen molar-refractivity contribution >= 4 is 23.2 Å². The van der Waals surface area contributed by atoms with Gasteiger partial charge >= 0.3 is 0 Å². The molecule has 2 aromatic carbocycles. The van der Waals surface area contributed by atoms with Gasteiger partial charge in [0.2, 0.25) is 5.91 Å². The second kappa shape index (κ2) is 6.76. The van der Waals surface area contributed by atoms with Gasteiger partial charge in [0.15, 0.2) is 0 Å². The molecule has 0 aromatic heterocycles. The van der Waals surface area contributed by atoms with Crippen LogP contribution in [0.4, 0.5) is 5.69 Å². The van der Waals surface area contributed by atoms with Crippen LogP contribution in [0.15, 0.2) is 42.5 Å². The van der Waals surface area contributed by atoms with Crippen molar-refractivity contribution in [3.8, 4) is 0 Å². The molecular weight excluding hydrogens is 306 g/mol. The molecule has 120 valence electrons. The summed E-state index contributed by atoms with van der Waals surface area (Å²) in [7, 11) is 0. The summed E-state index contributed by atoms with van der Waals surface area (Å²) in [5, 5.41) is 3.78. The maximum Gasteiger partial charge on any atom is 0.232 e. The third kappa shape index (κ3) is 3.59. The minimum Gasteiger partial charge on any atom is -0.326 e. The number of fused-ring (bicyclic) bond motifs is 1. The first kappa shape index (κ1) is 16.1. The fraction of sp³-hybridized carbons (Fsp3) is 0.350. The smallest absolute Gasteiger partial charge is 0.232 e. The van der Waals surface area contributed by atoms with Crippen LogP contribution in [0.5, 0.6) is 0 Å². The summed E-state index contributed by atoms with van der Waals surface area (Å²) in [6, 6.07) is 13.8. The molecule has 0 saturated carbocycles. The van der Waals surface area contributed by atoms with Crippen molar-refractivity contribution in [3.63, 3.8) is 0 Å². The van der Waals surface area contributed by atoms with Crippen LogP contribution in [-0.4, -0.2) is 5.91 Å². The number of benzene rings is 2. The van der Waals surface area contributed by atoms with Crippen LogP contribution in [0.2, 0.25) is 5.02 Å². The number of anilines is 1. The topological polar surface area (TPSA) is 29.1 Å². The Bertz CT molecular complexity index is 706. The Morgan fingerprint density at radius 2 is 1.74 bits per heavy atom. The number of carbonyl (C=O) groups excluding carboxylic acids is 1. The van der Waals surface area contributed by atoms with Gasteiger partial charge in [0, 0.05) is 10.7 Å². The largest absolute Gasteiger partial charge is 0.326 e. The maximum atomic E-state index is 12.8. The van der Waals surface area contributed by atoms with Crippen LogP contribution in [-0.2, 0) is 17.6 Å². The Morgan fingerprint density at radius 3 is 2.43 bits per heavy atom. The van der Waals surface area contributed by atoms with Crippen molar-refractivity contribution in [3.05, 3.63) is 64.2 Å². The van der Waals surface area contributed by atoms with Crippen molar-refractivity contribution < 1.29 is 4.79 Å². The third-order valence-corrected chi connectivity index (χ3v) is 4.80. The summed E-state index contributed by atoms with van der Waals surface area (Å²) in [6.45, 7) is 4.14. The van der Waals surface area contributed by atoms with E-state index in [1.807, 2.05) is 30.3 Å². The molecule has 3 rings (SSSR count). The van der Waals surface area contributed by atoms with E-state index < -0.39 is 0 Å². The summed E-state index contributed by atoms with van der Waals surface area (Å²) >= 11 is 5.96. The lowest BCUT2D eigenvalue weighted by atomic mass is 9.87. The van der Waals surface area contributed by atoms with E-state index in [2.05, 4.69) is 31.3 Å². The monoisotopic (exact) mass is 327 g/mol. The molecule has 1 N–H and O–H groups in total. The van der Waals surface area contributed by atoms with E-state index in [9.17, 15) is 4.79 Å². The fourth-order valence-electron chi connectivity index (χ4n) is 3.38. The van der Waals surface area contributed by atoms with Crippen molar-refractivity contribution in [1.82, 2.24) is 0 Å². The molecular formula is C20H22ClNO. The first-order valence-corrected chi connectivity index (χ1v) is 8.60. The van der Waals surface area contributed by atoms with Crippen molar-refractivity contribution in [1.29, 1.82) is 0 Å². The number of hydrogen-bond acceptors (Lipinski definition) is 1. The number of amides is 1. The number of carbonyl (C=O) groups is 1. The predicted molar refractivity (Wildman–Crippen MR) is 96.1 cm³/mol. The quantitative estimate of drug-likeness (QED) is 0.820. The number of nitrogens with one attached hydrogen (secondary N) is 1. The van der Waals surface area contributed by atoms with Gasteiger partial charge in [0.25, 0.3) is 0 Å². The molecule has 1 amide bonds. The Labute approximate surface area is 142 Å².